The number of amides is 1. The summed E-state index contributed by atoms with van der Waals surface area (Å²) in [5.74, 6) is -5.81. The molecule has 0 spiro atoms. The minimum Gasteiger partial charge on any atom is -0.384 e. The third-order valence-electron chi connectivity index (χ3n) is 7.36. The Kier molecular flexibility index (Phi) is 7.64. The van der Waals surface area contributed by atoms with Crippen molar-refractivity contribution in [3.8, 4) is 5.75 Å². The molecule has 210 valence electrons. The number of nitrogens with one attached hydrogen (secondary N) is 1. The lowest BCUT2D eigenvalue weighted by molar-refractivity contribution is 0.0458. The van der Waals surface area contributed by atoms with Crippen molar-refractivity contribution < 1.29 is 36.3 Å². The maximum absolute atomic E-state index is 13.8. The number of fused-ring (bicyclic) bond motifs is 2. The molecular weight excluding hydrogens is 569 g/mol. The first-order valence-corrected chi connectivity index (χ1v) is 14.4. The van der Waals surface area contributed by atoms with Gasteiger partial charge in [-0.25, -0.2) is 21.6 Å². The van der Waals surface area contributed by atoms with E-state index in [2.05, 4.69) is 10.5 Å². The minimum atomic E-state index is -4.06. The van der Waals surface area contributed by atoms with Crippen LogP contribution in [0.2, 0.25) is 5.02 Å². The molecule has 2 N–H and O–H groups in total. The van der Waals surface area contributed by atoms with E-state index in [1.807, 2.05) is 6.07 Å². The van der Waals surface area contributed by atoms with Gasteiger partial charge in [0.1, 0.15) is 5.60 Å². The molecule has 2 fully saturated rings. The number of rotatable bonds is 7. The number of carbonyl (C=O) groups is 1. The van der Waals surface area contributed by atoms with Crippen molar-refractivity contribution in [2.75, 3.05) is 5.32 Å². The second-order valence-corrected chi connectivity index (χ2v) is 12.6. The Hall–Kier alpha value is -3.41. The molecule has 3 aromatic carbocycles. The zero-order valence-corrected chi connectivity index (χ0v) is 22.4. The van der Waals surface area contributed by atoms with Crippen molar-refractivity contribution >= 4 is 39.2 Å². The van der Waals surface area contributed by atoms with Gasteiger partial charge in [-0.2, -0.15) is 0 Å². The van der Waals surface area contributed by atoms with E-state index >= 15 is 0 Å². The van der Waals surface area contributed by atoms with Crippen LogP contribution in [0.15, 0.2) is 70.7 Å². The normalized spacial score (nSPS) is 24.3. The second-order valence-electron chi connectivity index (χ2n) is 10.1. The highest BCUT2D eigenvalue weighted by molar-refractivity contribution is 7.92. The number of benzene rings is 3. The van der Waals surface area contributed by atoms with Crippen LogP contribution >= 0.6 is 11.6 Å². The maximum atomic E-state index is 13.8. The predicted molar refractivity (Wildman–Crippen MR) is 143 cm³/mol. The number of sulfone groups is 1. The zero-order valence-electron chi connectivity index (χ0n) is 20.9. The van der Waals surface area contributed by atoms with Gasteiger partial charge in [0.2, 0.25) is 0 Å². The fourth-order valence-electron chi connectivity index (χ4n) is 5.69. The van der Waals surface area contributed by atoms with Gasteiger partial charge in [-0.15, -0.1) is 0 Å². The Morgan fingerprint density at radius 1 is 1.02 bits per heavy atom. The lowest BCUT2D eigenvalue weighted by atomic mass is 9.78. The van der Waals surface area contributed by atoms with Crippen LogP contribution < -0.4 is 10.2 Å². The highest BCUT2D eigenvalue weighted by Gasteiger charge is 2.54. The first kappa shape index (κ1) is 28.1. The predicted octanol–water partition coefficient (Wildman–Crippen LogP) is 5.77. The summed E-state index contributed by atoms with van der Waals surface area (Å²) in [6, 6.07) is 13.7. The van der Waals surface area contributed by atoms with E-state index in [4.69, 9.17) is 16.4 Å². The van der Waals surface area contributed by atoms with Gasteiger partial charge in [0, 0.05) is 23.4 Å². The van der Waals surface area contributed by atoms with Gasteiger partial charge in [-0.05, 0) is 67.9 Å². The highest BCUT2D eigenvalue weighted by atomic mass is 35.5. The van der Waals surface area contributed by atoms with Crippen LogP contribution in [0, 0.1) is 29.3 Å². The van der Waals surface area contributed by atoms with Crippen molar-refractivity contribution in [2.24, 2.45) is 17.0 Å². The summed E-state index contributed by atoms with van der Waals surface area (Å²) in [6.07, 6.45) is 2.75. The summed E-state index contributed by atoms with van der Waals surface area (Å²) in [7, 11) is -4.06. The average molecular weight is 593 g/mol. The molecule has 3 unspecified atom stereocenters. The zero-order chi connectivity index (χ0) is 28.7. The summed E-state index contributed by atoms with van der Waals surface area (Å²) in [5, 5.41) is 16.4. The van der Waals surface area contributed by atoms with Gasteiger partial charge in [0.05, 0.1) is 21.4 Å². The molecule has 0 saturated heterocycles. The molecule has 7 nitrogen and oxygen atoms in total. The van der Waals surface area contributed by atoms with Gasteiger partial charge in [-0.3, -0.25) is 4.79 Å². The molecule has 2 aliphatic rings. The standard InChI is InChI=1S/C28H24ClF3N2O5S/c29-21-9-8-16(27(35)34-19-11-22(30)25(32)23(31)12-19)10-24(21)40(37,38)26-17-6-7-18(26)14-28(36,13-17)15-33-39-20-4-2-1-3-5-20/h1-5,8-12,15,17-18,26,36H,6-7,13-14H2,(H,34,35)/b33-15+/t17-,18?,26?,28?/m0/s1. The number of aliphatic hydroxyl groups is 1. The van der Waals surface area contributed by atoms with E-state index in [1.165, 1.54) is 18.3 Å². The quantitative estimate of drug-likeness (QED) is 0.206. The molecule has 3 aromatic rings. The third-order valence-corrected chi connectivity index (χ3v) is 10.2. The van der Waals surface area contributed by atoms with Gasteiger partial charge in [0.15, 0.2) is 33.0 Å². The van der Waals surface area contributed by atoms with E-state index in [-0.39, 0.29) is 34.0 Å². The van der Waals surface area contributed by atoms with Crippen LogP contribution in [0.5, 0.6) is 5.75 Å². The molecule has 0 heterocycles. The van der Waals surface area contributed by atoms with Crippen LogP contribution in [-0.4, -0.2) is 36.5 Å². The summed E-state index contributed by atoms with van der Waals surface area (Å²) in [4.78, 5) is 17.8. The smallest absolute Gasteiger partial charge is 0.255 e. The average Bonchev–Trinajstić information content (AvgIpc) is 3.21. The Morgan fingerprint density at radius 2 is 1.65 bits per heavy atom. The number of carbonyl (C=O) groups excluding carboxylic acids is 1. The molecule has 1 amide bonds. The van der Waals surface area contributed by atoms with Gasteiger partial charge >= 0.3 is 0 Å². The minimum absolute atomic E-state index is 0.0894. The Bertz CT molecular complexity index is 1550. The van der Waals surface area contributed by atoms with Crippen LogP contribution in [0.3, 0.4) is 0 Å². The van der Waals surface area contributed by atoms with Crippen molar-refractivity contribution in [1.29, 1.82) is 0 Å². The highest BCUT2D eigenvalue weighted by Crippen LogP contribution is 2.51. The number of para-hydroxylation sites is 1. The Labute approximate surface area is 233 Å². The molecule has 2 bridgehead atoms. The van der Waals surface area contributed by atoms with Crippen LogP contribution in [0.25, 0.3) is 0 Å². The molecular formula is C28H24ClF3N2O5S. The molecule has 2 aliphatic carbocycles. The number of hydrogen-bond acceptors (Lipinski definition) is 6. The summed E-state index contributed by atoms with van der Waals surface area (Å²) in [5.41, 5.74) is -1.82. The molecule has 4 atom stereocenters. The fraction of sp³-hybridized carbons (Fsp3) is 0.286. The molecule has 0 aromatic heterocycles. The lowest BCUT2D eigenvalue weighted by Gasteiger charge is -2.38. The first-order valence-electron chi connectivity index (χ1n) is 12.5. The molecule has 5 rings (SSSR count). The van der Waals surface area contributed by atoms with Crippen molar-refractivity contribution in [3.63, 3.8) is 0 Å². The van der Waals surface area contributed by atoms with Crippen LogP contribution in [-0.2, 0) is 9.84 Å². The molecule has 12 heteroatoms. The van der Waals surface area contributed by atoms with E-state index in [0.29, 0.717) is 30.7 Å². The van der Waals surface area contributed by atoms with E-state index in [1.54, 1.807) is 24.3 Å². The maximum Gasteiger partial charge on any atom is 0.255 e. The van der Waals surface area contributed by atoms with Crippen LogP contribution in [0.1, 0.15) is 36.0 Å². The Morgan fingerprint density at radius 3 is 2.27 bits per heavy atom. The summed E-state index contributed by atoms with van der Waals surface area (Å²) >= 11 is 6.28. The van der Waals surface area contributed by atoms with Gasteiger partial charge in [0.25, 0.3) is 5.91 Å². The largest absolute Gasteiger partial charge is 0.384 e. The van der Waals surface area contributed by atoms with Gasteiger partial charge in [-0.1, -0.05) is 35.0 Å². The number of halogens is 4. The molecule has 40 heavy (non-hydrogen) atoms. The SMILES string of the molecule is O=C(Nc1cc(F)c(F)c(F)c1)c1ccc(Cl)c(S(=O)(=O)C2C3CC[C@H]2CC(O)(/C=N/Oc2ccccc2)C3)c1. The lowest BCUT2D eigenvalue weighted by Crippen LogP contribution is -2.47. The van der Waals surface area contributed by atoms with Crippen molar-refractivity contribution in [1.82, 2.24) is 0 Å². The van der Waals surface area contributed by atoms with Crippen molar-refractivity contribution in [2.45, 2.75) is 41.4 Å². The number of hydrogen-bond donors (Lipinski definition) is 2. The molecule has 2 saturated carbocycles. The fourth-order valence-corrected chi connectivity index (χ4v) is 8.53. The number of nitrogens with zero attached hydrogens (tertiary/aromatic N) is 1. The van der Waals surface area contributed by atoms with E-state index in [9.17, 15) is 31.5 Å². The molecule has 0 aliphatic heterocycles. The number of oxime groups is 1. The third kappa shape index (κ3) is 5.59. The monoisotopic (exact) mass is 592 g/mol. The van der Waals surface area contributed by atoms with Crippen molar-refractivity contribution in [3.05, 3.63) is 88.7 Å². The summed E-state index contributed by atoms with van der Waals surface area (Å²) in [6.45, 7) is 0. The van der Waals surface area contributed by atoms with Crippen LogP contribution in [0.4, 0.5) is 18.9 Å². The molecule has 0 radical (unpaired) electrons. The summed E-state index contributed by atoms with van der Waals surface area (Å²) < 4.78 is 68.0. The Balaban J connectivity index is 1.35. The number of anilines is 1. The van der Waals surface area contributed by atoms with E-state index < -0.39 is 55.9 Å². The van der Waals surface area contributed by atoms with E-state index in [0.717, 1.165) is 6.07 Å². The van der Waals surface area contributed by atoms with Gasteiger partial charge < -0.3 is 15.3 Å². The topological polar surface area (TPSA) is 105 Å². The second kappa shape index (κ2) is 10.9. The first-order chi connectivity index (χ1) is 19.0.